The van der Waals surface area contributed by atoms with Gasteiger partial charge in [0.1, 0.15) is 0 Å². The molecule has 0 heterocycles. The standard InChI is InChI=1S/C8H16O4/c1-11-7-3-6(10)8(12-2)4-5(7)9/h5-10H,3-4H2,1-2H3. The minimum atomic E-state index is -0.525. The summed E-state index contributed by atoms with van der Waals surface area (Å²) in [5, 5.41) is 18.9. The highest BCUT2D eigenvalue weighted by Gasteiger charge is 2.35. The van der Waals surface area contributed by atoms with Gasteiger partial charge in [-0.1, -0.05) is 0 Å². The molecule has 4 unspecified atom stereocenters. The third-order valence-corrected chi connectivity index (χ3v) is 2.41. The van der Waals surface area contributed by atoms with Crippen LogP contribution >= 0.6 is 0 Å². The van der Waals surface area contributed by atoms with E-state index in [2.05, 4.69) is 0 Å². The molecule has 0 spiro atoms. The summed E-state index contributed by atoms with van der Waals surface area (Å²) in [5.41, 5.74) is 0. The van der Waals surface area contributed by atoms with E-state index in [-0.39, 0.29) is 12.2 Å². The lowest BCUT2D eigenvalue weighted by molar-refractivity contribution is -0.129. The van der Waals surface area contributed by atoms with Crippen molar-refractivity contribution in [1.82, 2.24) is 0 Å². The zero-order chi connectivity index (χ0) is 9.14. The molecule has 0 bridgehead atoms. The third kappa shape index (κ3) is 1.95. The Morgan fingerprint density at radius 1 is 0.917 bits per heavy atom. The fourth-order valence-corrected chi connectivity index (χ4v) is 1.60. The Labute approximate surface area is 72.1 Å². The summed E-state index contributed by atoms with van der Waals surface area (Å²) in [5.74, 6) is 0. The highest BCUT2D eigenvalue weighted by atomic mass is 16.5. The summed E-state index contributed by atoms with van der Waals surface area (Å²) in [7, 11) is 3.07. The van der Waals surface area contributed by atoms with E-state index in [0.29, 0.717) is 12.8 Å². The second-order valence-electron chi connectivity index (χ2n) is 3.15. The van der Waals surface area contributed by atoms with E-state index in [1.165, 1.54) is 14.2 Å². The van der Waals surface area contributed by atoms with Gasteiger partial charge in [0.25, 0.3) is 0 Å². The molecule has 0 aromatic heterocycles. The molecule has 0 aromatic carbocycles. The molecule has 1 rings (SSSR count). The molecule has 0 aliphatic heterocycles. The summed E-state index contributed by atoms with van der Waals surface area (Å²) >= 11 is 0. The van der Waals surface area contributed by atoms with E-state index in [9.17, 15) is 10.2 Å². The first-order chi connectivity index (χ1) is 5.69. The van der Waals surface area contributed by atoms with Crippen molar-refractivity contribution in [3.05, 3.63) is 0 Å². The average molecular weight is 176 g/mol. The molecule has 1 aliphatic rings. The molecule has 4 heteroatoms. The zero-order valence-electron chi connectivity index (χ0n) is 7.43. The molecule has 4 atom stereocenters. The molecular formula is C8H16O4. The number of hydrogen-bond donors (Lipinski definition) is 2. The molecular weight excluding hydrogens is 160 g/mol. The van der Waals surface area contributed by atoms with E-state index < -0.39 is 12.2 Å². The van der Waals surface area contributed by atoms with Gasteiger partial charge in [-0.15, -0.1) is 0 Å². The lowest BCUT2D eigenvalue weighted by atomic mass is 9.90. The topological polar surface area (TPSA) is 58.9 Å². The van der Waals surface area contributed by atoms with Gasteiger partial charge in [-0.2, -0.15) is 0 Å². The van der Waals surface area contributed by atoms with Crippen molar-refractivity contribution in [3.63, 3.8) is 0 Å². The highest BCUT2D eigenvalue weighted by Crippen LogP contribution is 2.23. The van der Waals surface area contributed by atoms with Gasteiger partial charge in [0.2, 0.25) is 0 Å². The lowest BCUT2D eigenvalue weighted by Gasteiger charge is -2.35. The third-order valence-electron chi connectivity index (χ3n) is 2.41. The number of rotatable bonds is 2. The molecule has 0 radical (unpaired) electrons. The quantitative estimate of drug-likeness (QED) is 0.597. The maximum absolute atomic E-state index is 9.47. The van der Waals surface area contributed by atoms with Crippen molar-refractivity contribution in [2.75, 3.05) is 14.2 Å². The van der Waals surface area contributed by atoms with Gasteiger partial charge in [-0.25, -0.2) is 0 Å². The van der Waals surface area contributed by atoms with Crippen molar-refractivity contribution in [2.45, 2.75) is 37.3 Å². The van der Waals surface area contributed by atoms with Crippen LogP contribution in [0.25, 0.3) is 0 Å². The minimum Gasteiger partial charge on any atom is -0.390 e. The Kier molecular flexibility index (Phi) is 3.46. The predicted molar refractivity (Wildman–Crippen MR) is 42.8 cm³/mol. The zero-order valence-corrected chi connectivity index (χ0v) is 7.43. The molecule has 1 fully saturated rings. The molecule has 0 aromatic rings. The predicted octanol–water partition coefficient (Wildman–Crippen LogP) is -0.468. The van der Waals surface area contributed by atoms with Crippen LogP contribution in [0.5, 0.6) is 0 Å². The Morgan fingerprint density at radius 3 is 1.50 bits per heavy atom. The maximum atomic E-state index is 9.47. The van der Waals surface area contributed by atoms with Crippen LogP contribution in [0.4, 0.5) is 0 Å². The van der Waals surface area contributed by atoms with Gasteiger partial charge in [0.15, 0.2) is 0 Å². The number of ether oxygens (including phenoxy) is 2. The fourth-order valence-electron chi connectivity index (χ4n) is 1.60. The Bertz CT molecular complexity index is 123. The van der Waals surface area contributed by atoms with Gasteiger partial charge in [-0.05, 0) is 0 Å². The number of aliphatic hydroxyl groups is 2. The lowest BCUT2D eigenvalue weighted by Crippen LogP contribution is -2.46. The van der Waals surface area contributed by atoms with Gasteiger partial charge >= 0.3 is 0 Å². The van der Waals surface area contributed by atoms with Crippen molar-refractivity contribution in [3.8, 4) is 0 Å². The number of aliphatic hydroxyl groups excluding tert-OH is 2. The van der Waals surface area contributed by atoms with Gasteiger partial charge < -0.3 is 19.7 Å². The summed E-state index contributed by atoms with van der Waals surface area (Å²) in [6.07, 6.45) is -0.684. The van der Waals surface area contributed by atoms with Crippen LogP contribution in [-0.4, -0.2) is 48.8 Å². The normalized spacial score (nSPS) is 43.0. The Hall–Kier alpha value is -0.160. The fraction of sp³-hybridized carbons (Fsp3) is 1.00. The first kappa shape index (κ1) is 9.92. The first-order valence-electron chi connectivity index (χ1n) is 4.10. The van der Waals surface area contributed by atoms with Crippen molar-refractivity contribution >= 4 is 0 Å². The molecule has 72 valence electrons. The summed E-state index contributed by atoms with van der Waals surface area (Å²) in [6, 6.07) is 0. The molecule has 1 saturated carbocycles. The van der Waals surface area contributed by atoms with Crippen LogP contribution in [0, 0.1) is 0 Å². The van der Waals surface area contributed by atoms with Crippen molar-refractivity contribution in [2.24, 2.45) is 0 Å². The van der Waals surface area contributed by atoms with Crippen LogP contribution in [0.2, 0.25) is 0 Å². The van der Waals surface area contributed by atoms with Gasteiger partial charge in [0.05, 0.1) is 24.4 Å². The van der Waals surface area contributed by atoms with E-state index >= 15 is 0 Å². The monoisotopic (exact) mass is 176 g/mol. The van der Waals surface area contributed by atoms with Crippen LogP contribution in [0.15, 0.2) is 0 Å². The van der Waals surface area contributed by atoms with E-state index in [1.54, 1.807) is 0 Å². The summed E-state index contributed by atoms with van der Waals surface area (Å²) < 4.78 is 10.0. The smallest absolute Gasteiger partial charge is 0.0856 e. The molecule has 12 heavy (non-hydrogen) atoms. The SMILES string of the molecule is COC1CC(O)C(OC)CC1O. The molecule has 4 nitrogen and oxygen atoms in total. The van der Waals surface area contributed by atoms with E-state index in [4.69, 9.17) is 9.47 Å². The summed E-state index contributed by atoms with van der Waals surface area (Å²) in [4.78, 5) is 0. The second-order valence-corrected chi connectivity index (χ2v) is 3.15. The van der Waals surface area contributed by atoms with Crippen molar-refractivity contribution < 1.29 is 19.7 Å². The maximum Gasteiger partial charge on any atom is 0.0856 e. The first-order valence-corrected chi connectivity index (χ1v) is 4.10. The van der Waals surface area contributed by atoms with Gasteiger partial charge in [-0.3, -0.25) is 0 Å². The van der Waals surface area contributed by atoms with Crippen LogP contribution in [-0.2, 0) is 9.47 Å². The molecule has 2 N–H and O–H groups in total. The largest absolute Gasteiger partial charge is 0.390 e. The molecule has 1 aliphatic carbocycles. The van der Waals surface area contributed by atoms with Gasteiger partial charge in [0, 0.05) is 27.1 Å². The van der Waals surface area contributed by atoms with E-state index in [1.807, 2.05) is 0 Å². The molecule has 0 amide bonds. The Balaban J connectivity index is 2.49. The Morgan fingerprint density at radius 2 is 1.25 bits per heavy atom. The van der Waals surface area contributed by atoms with Crippen LogP contribution in [0.1, 0.15) is 12.8 Å². The van der Waals surface area contributed by atoms with Crippen molar-refractivity contribution in [1.29, 1.82) is 0 Å². The highest BCUT2D eigenvalue weighted by molar-refractivity contribution is 4.86. The second kappa shape index (κ2) is 4.18. The van der Waals surface area contributed by atoms with Crippen LogP contribution in [0.3, 0.4) is 0 Å². The average Bonchev–Trinajstić information content (AvgIpc) is 2.08. The van der Waals surface area contributed by atoms with Crippen LogP contribution < -0.4 is 0 Å². The minimum absolute atomic E-state index is 0.258. The number of methoxy groups -OCH3 is 2. The van der Waals surface area contributed by atoms with E-state index in [0.717, 1.165) is 0 Å². The summed E-state index contributed by atoms with van der Waals surface area (Å²) in [6.45, 7) is 0. The molecule has 0 saturated heterocycles. The number of hydrogen-bond acceptors (Lipinski definition) is 4.